The van der Waals surface area contributed by atoms with Gasteiger partial charge in [-0.2, -0.15) is 0 Å². The molecule has 2 bridgehead atoms. The van der Waals surface area contributed by atoms with Crippen LogP contribution in [0.2, 0.25) is 0 Å². The van der Waals surface area contributed by atoms with Gasteiger partial charge in [0.2, 0.25) is 0 Å². The van der Waals surface area contributed by atoms with E-state index in [4.69, 9.17) is 10.1 Å². The van der Waals surface area contributed by atoms with Crippen molar-refractivity contribution in [3.05, 3.63) is 38.8 Å². The van der Waals surface area contributed by atoms with E-state index < -0.39 is 5.97 Å². The van der Waals surface area contributed by atoms with Gasteiger partial charge in [-0.1, -0.05) is 26.3 Å². The summed E-state index contributed by atoms with van der Waals surface area (Å²) in [7, 11) is 0. The van der Waals surface area contributed by atoms with Crippen LogP contribution in [0.5, 0.6) is 0 Å². The topological polar surface area (TPSA) is 110 Å². The number of H-pyrrole nitrogens is 1. The summed E-state index contributed by atoms with van der Waals surface area (Å²) in [4.78, 5) is 45.2. The van der Waals surface area contributed by atoms with Crippen molar-refractivity contribution in [3.8, 4) is 0 Å². The van der Waals surface area contributed by atoms with Gasteiger partial charge in [-0.05, 0) is 50.4 Å². The Morgan fingerprint density at radius 1 is 1.13 bits per heavy atom. The Hall–Kier alpha value is -2.64. The van der Waals surface area contributed by atoms with Crippen molar-refractivity contribution < 1.29 is 9.90 Å². The molecule has 2 atom stereocenters. The zero-order chi connectivity index (χ0) is 21.5. The molecule has 162 valence electrons. The van der Waals surface area contributed by atoms with Crippen LogP contribution in [-0.2, 0) is 23.3 Å². The SMILES string of the molecule is CCCn1c(=O)c2[nH]c(C34CCCC(C=CC(=O)O)(CC3)C4)nc2n(CCC)c1=O. The van der Waals surface area contributed by atoms with Crippen molar-refractivity contribution in [2.24, 2.45) is 5.41 Å². The summed E-state index contributed by atoms with van der Waals surface area (Å²) >= 11 is 0. The van der Waals surface area contributed by atoms with Gasteiger partial charge in [-0.3, -0.25) is 13.9 Å². The number of aromatic amines is 1. The van der Waals surface area contributed by atoms with Gasteiger partial charge in [-0.25, -0.2) is 14.6 Å². The first-order valence-corrected chi connectivity index (χ1v) is 11.0. The van der Waals surface area contributed by atoms with Crippen LogP contribution in [0.25, 0.3) is 11.2 Å². The molecule has 2 aromatic heterocycles. The Balaban J connectivity index is 1.84. The van der Waals surface area contributed by atoms with Crippen LogP contribution in [0.4, 0.5) is 0 Å². The summed E-state index contributed by atoms with van der Waals surface area (Å²) in [6, 6.07) is 0. The maximum atomic E-state index is 13.0. The molecule has 0 radical (unpaired) electrons. The minimum Gasteiger partial charge on any atom is -0.478 e. The maximum Gasteiger partial charge on any atom is 0.332 e. The van der Waals surface area contributed by atoms with E-state index in [1.807, 2.05) is 19.9 Å². The number of fused-ring (bicyclic) bond motifs is 3. The Morgan fingerprint density at radius 2 is 1.87 bits per heavy atom. The standard InChI is InChI=1S/C22H30N4O4/c1-3-12-25-17-16(18(29)26(13-4-2)20(25)30)23-19(24-17)22-8-5-7-21(14-22,10-11-22)9-6-15(27)28/h6,9H,3-5,7-8,10-14H2,1-2H3,(H,23,24)(H,27,28). The van der Waals surface area contributed by atoms with Crippen LogP contribution < -0.4 is 11.2 Å². The molecular formula is C22H30N4O4. The number of allylic oxidation sites excluding steroid dienone is 1. The monoisotopic (exact) mass is 414 g/mol. The number of carboxylic acid groups (broad SMARTS) is 1. The molecule has 2 saturated carbocycles. The Bertz CT molecular complexity index is 1120. The van der Waals surface area contributed by atoms with Crippen LogP contribution >= 0.6 is 0 Å². The van der Waals surface area contributed by atoms with Crippen LogP contribution in [0.1, 0.15) is 71.0 Å². The molecule has 2 unspecified atom stereocenters. The molecule has 8 heteroatoms. The first kappa shape index (κ1) is 20.6. The van der Waals surface area contributed by atoms with E-state index in [1.54, 1.807) is 4.57 Å². The van der Waals surface area contributed by atoms with E-state index in [2.05, 4.69) is 4.98 Å². The minimum absolute atomic E-state index is 0.124. The summed E-state index contributed by atoms with van der Waals surface area (Å²) < 4.78 is 2.94. The third kappa shape index (κ3) is 3.22. The van der Waals surface area contributed by atoms with Crippen LogP contribution in [0.3, 0.4) is 0 Å². The predicted molar refractivity (Wildman–Crippen MR) is 114 cm³/mol. The Morgan fingerprint density at radius 3 is 2.57 bits per heavy atom. The van der Waals surface area contributed by atoms with E-state index >= 15 is 0 Å². The maximum absolute atomic E-state index is 13.0. The average molecular weight is 415 g/mol. The summed E-state index contributed by atoms with van der Waals surface area (Å²) in [5.74, 6) is -0.144. The quantitative estimate of drug-likeness (QED) is 0.677. The fourth-order valence-electron chi connectivity index (χ4n) is 5.60. The molecule has 0 aliphatic heterocycles. The minimum atomic E-state index is -0.920. The number of aromatic nitrogens is 4. The summed E-state index contributed by atoms with van der Waals surface area (Å²) in [5, 5.41) is 9.08. The van der Waals surface area contributed by atoms with Crippen LogP contribution in [0, 0.1) is 5.41 Å². The molecular weight excluding hydrogens is 384 g/mol. The molecule has 2 heterocycles. The second-order valence-corrected chi connectivity index (χ2v) is 9.02. The fraction of sp³-hybridized carbons (Fsp3) is 0.636. The van der Waals surface area contributed by atoms with E-state index in [-0.39, 0.29) is 22.1 Å². The molecule has 2 aromatic rings. The number of hydrogen-bond donors (Lipinski definition) is 2. The van der Waals surface area contributed by atoms with Crippen molar-refractivity contribution >= 4 is 17.1 Å². The lowest BCUT2D eigenvalue weighted by molar-refractivity contribution is -0.131. The van der Waals surface area contributed by atoms with E-state index in [9.17, 15) is 14.4 Å². The highest BCUT2D eigenvalue weighted by Crippen LogP contribution is 2.59. The lowest BCUT2D eigenvalue weighted by atomic mass is 9.68. The van der Waals surface area contributed by atoms with Gasteiger partial charge in [0, 0.05) is 24.6 Å². The first-order chi connectivity index (χ1) is 14.3. The normalized spacial score (nSPS) is 26.1. The Labute approximate surface area is 174 Å². The van der Waals surface area contributed by atoms with Gasteiger partial charge < -0.3 is 10.1 Å². The van der Waals surface area contributed by atoms with Crippen molar-refractivity contribution in [1.29, 1.82) is 0 Å². The number of carboxylic acids is 1. The highest BCUT2D eigenvalue weighted by atomic mass is 16.4. The van der Waals surface area contributed by atoms with Crippen molar-refractivity contribution in [2.45, 2.75) is 83.7 Å². The Kier molecular flexibility index (Phi) is 5.20. The van der Waals surface area contributed by atoms with E-state index in [1.165, 1.54) is 10.6 Å². The number of hydrogen-bond acceptors (Lipinski definition) is 4. The summed E-state index contributed by atoms with van der Waals surface area (Å²) in [6.07, 6.45) is 10.2. The fourth-order valence-corrected chi connectivity index (χ4v) is 5.60. The summed E-state index contributed by atoms with van der Waals surface area (Å²) in [6.45, 7) is 4.85. The molecule has 30 heavy (non-hydrogen) atoms. The van der Waals surface area contributed by atoms with Gasteiger partial charge in [0.1, 0.15) is 11.3 Å². The lowest BCUT2D eigenvalue weighted by Gasteiger charge is -2.36. The lowest BCUT2D eigenvalue weighted by Crippen LogP contribution is -2.40. The largest absolute Gasteiger partial charge is 0.478 e. The van der Waals surface area contributed by atoms with Gasteiger partial charge in [0.15, 0.2) is 5.65 Å². The number of rotatable bonds is 7. The molecule has 0 amide bonds. The van der Waals surface area contributed by atoms with Crippen LogP contribution in [0.15, 0.2) is 21.7 Å². The summed E-state index contributed by atoms with van der Waals surface area (Å²) in [5.41, 5.74) is -0.0559. The zero-order valence-electron chi connectivity index (χ0n) is 17.7. The second-order valence-electron chi connectivity index (χ2n) is 9.02. The average Bonchev–Trinajstić information content (AvgIpc) is 3.28. The third-order valence-corrected chi connectivity index (χ3v) is 6.96. The molecule has 2 N–H and O–H groups in total. The van der Waals surface area contributed by atoms with Gasteiger partial charge in [0.25, 0.3) is 5.56 Å². The number of imidazole rings is 1. The molecule has 8 nitrogen and oxygen atoms in total. The first-order valence-electron chi connectivity index (χ1n) is 11.0. The van der Waals surface area contributed by atoms with Crippen molar-refractivity contribution in [3.63, 3.8) is 0 Å². The number of nitrogens with zero attached hydrogens (tertiary/aromatic N) is 3. The smallest absolute Gasteiger partial charge is 0.332 e. The van der Waals surface area contributed by atoms with Gasteiger partial charge in [0.05, 0.1) is 0 Å². The van der Waals surface area contributed by atoms with E-state index in [0.29, 0.717) is 30.7 Å². The predicted octanol–water partition coefficient (Wildman–Crippen LogP) is 2.94. The molecule has 4 rings (SSSR count). The molecule has 0 saturated heterocycles. The number of nitrogens with one attached hydrogen (secondary N) is 1. The highest BCUT2D eigenvalue weighted by Gasteiger charge is 2.52. The second kappa shape index (κ2) is 7.56. The highest BCUT2D eigenvalue weighted by molar-refractivity contribution is 5.79. The number of aliphatic carboxylic acids is 1. The van der Waals surface area contributed by atoms with Gasteiger partial charge >= 0.3 is 11.7 Å². The van der Waals surface area contributed by atoms with E-state index in [0.717, 1.165) is 50.8 Å². The van der Waals surface area contributed by atoms with Crippen LogP contribution in [-0.4, -0.2) is 30.2 Å². The van der Waals surface area contributed by atoms with Crippen molar-refractivity contribution in [2.75, 3.05) is 0 Å². The molecule has 0 spiro atoms. The van der Waals surface area contributed by atoms with Crippen molar-refractivity contribution in [1.82, 2.24) is 19.1 Å². The number of carbonyl (C=O) groups is 1. The number of aryl methyl sites for hydroxylation is 1. The zero-order valence-corrected chi connectivity index (χ0v) is 17.7. The molecule has 0 aromatic carbocycles. The molecule has 2 aliphatic carbocycles. The third-order valence-electron chi connectivity index (χ3n) is 6.96. The molecule has 2 fully saturated rings. The molecule has 2 aliphatic rings. The van der Waals surface area contributed by atoms with Gasteiger partial charge in [-0.15, -0.1) is 0 Å².